The Hall–Kier alpha value is -2.32. The summed E-state index contributed by atoms with van der Waals surface area (Å²) in [5.41, 5.74) is 2.79. The molecule has 0 atom stereocenters. The molecule has 0 saturated heterocycles. The lowest BCUT2D eigenvalue weighted by Crippen LogP contribution is -2.30. The van der Waals surface area contributed by atoms with Crippen LogP contribution in [0.2, 0.25) is 0 Å². The highest BCUT2D eigenvalue weighted by Gasteiger charge is 2.10. The number of hydrogen-bond donors (Lipinski definition) is 2. The maximum Gasteiger partial charge on any atom is 0.287 e. The van der Waals surface area contributed by atoms with E-state index in [-0.39, 0.29) is 11.5 Å². The van der Waals surface area contributed by atoms with Gasteiger partial charge in [0.1, 0.15) is 5.82 Å². The lowest BCUT2D eigenvalue weighted by molar-refractivity contribution is 0.0948. The Bertz CT molecular complexity index is 614. The van der Waals surface area contributed by atoms with Crippen LogP contribution in [0, 0.1) is 5.82 Å². The molecule has 0 aliphatic rings. The summed E-state index contributed by atoms with van der Waals surface area (Å²) in [6, 6.07) is 6.67. The zero-order valence-corrected chi connectivity index (χ0v) is 11.7. The van der Waals surface area contributed by atoms with Crippen molar-refractivity contribution in [2.45, 2.75) is 13.1 Å². The predicted octanol–water partition coefficient (Wildman–Crippen LogP) is 0.153. The number of rotatable bonds is 6. The third-order valence-corrected chi connectivity index (χ3v) is 3.01. The molecule has 0 bridgehead atoms. The fourth-order valence-electron chi connectivity index (χ4n) is 1.86. The average Bonchev–Trinajstić information content (AvgIpc) is 2.96. The van der Waals surface area contributed by atoms with E-state index in [1.807, 2.05) is 17.4 Å². The molecule has 3 N–H and O–H groups in total. The second kappa shape index (κ2) is 6.91. The number of carbonyl (C=O) groups is 1. The number of carbonyl (C=O) groups excluding carboxylic acids is 1. The molecule has 1 heterocycles. The molecule has 1 amide bonds. The van der Waals surface area contributed by atoms with Gasteiger partial charge in [0, 0.05) is 18.7 Å². The highest BCUT2D eigenvalue weighted by atomic mass is 19.1. The van der Waals surface area contributed by atoms with Gasteiger partial charge in [-0.1, -0.05) is 23.4 Å². The van der Waals surface area contributed by atoms with Crippen molar-refractivity contribution in [3.63, 3.8) is 0 Å². The number of amides is 1. The number of hydrogen-bond acceptors (Lipinski definition) is 5. The molecule has 2 aromatic rings. The van der Waals surface area contributed by atoms with Crippen LogP contribution in [0.1, 0.15) is 16.1 Å². The minimum Gasteiger partial charge on any atom is -0.300 e. The number of nitrogens with zero attached hydrogens (tertiary/aromatic N) is 4. The maximum atomic E-state index is 13.5. The molecule has 0 fully saturated rings. The number of nitrogen functional groups attached to an aromatic ring is 1. The van der Waals surface area contributed by atoms with E-state index in [0.717, 1.165) is 0 Å². The molecule has 0 unspecified atom stereocenters. The molecule has 0 saturated carbocycles. The third kappa shape index (κ3) is 4.07. The van der Waals surface area contributed by atoms with Gasteiger partial charge in [0.05, 0.1) is 12.7 Å². The SMILES string of the molecule is CN(CCn1cc(C(=O)NN)nn1)Cc1ccccc1F. The van der Waals surface area contributed by atoms with Crippen LogP contribution in [-0.4, -0.2) is 39.4 Å². The second-order valence-electron chi connectivity index (χ2n) is 4.67. The van der Waals surface area contributed by atoms with Gasteiger partial charge in [0.25, 0.3) is 5.91 Å². The fourth-order valence-corrected chi connectivity index (χ4v) is 1.86. The molecule has 21 heavy (non-hydrogen) atoms. The van der Waals surface area contributed by atoms with Gasteiger partial charge in [-0.15, -0.1) is 5.10 Å². The Morgan fingerprint density at radius 1 is 1.48 bits per heavy atom. The van der Waals surface area contributed by atoms with E-state index in [1.54, 1.807) is 22.9 Å². The van der Waals surface area contributed by atoms with E-state index < -0.39 is 5.91 Å². The summed E-state index contributed by atoms with van der Waals surface area (Å²) in [5.74, 6) is 4.31. The van der Waals surface area contributed by atoms with Crippen molar-refractivity contribution < 1.29 is 9.18 Å². The highest BCUT2D eigenvalue weighted by molar-refractivity contribution is 5.91. The second-order valence-corrected chi connectivity index (χ2v) is 4.67. The number of likely N-dealkylation sites (N-methyl/N-ethyl adjacent to an activating group) is 1. The molecular formula is C13H17FN6O. The van der Waals surface area contributed by atoms with Crippen LogP contribution in [0.4, 0.5) is 4.39 Å². The monoisotopic (exact) mass is 292 g/mol. The quantitative estimate of drug-likeness (QED) is 0.449. The van der Waals surface area contributed by atoms with Gasteiger partial charge >= 0.3 is 0 Å². The lowest BCUT2D eigenvalue weighted by Gasteiger charge is -2.16. The molecular weight excluding hydrogens is 275 g/mol. The van der Waals surface area contributed by atoms with Crippen LogP contribution >= 0.6 is 0 Å². The first-order valence-electron chi connectivity index (χ1n) is 6.43. The minimum absolute atomic E-state index is 0.161. The normalized spacial score (nSPS) is 10.9. The molecule has 0 aliphatic heterocycles. The Morgan fingerprint density at radius 2 is 2.24 bits per heavy atom. The smallest absolute Gasteiger partial charge is 0.287 e. The number of halogens is 1. The van der Waals surface area contributed by atoms with Gasteiger partial charge in [-0.25, -0.2) is 10.2 Å². The Kier molecular flexibility index (Phi) is 4.96. The number of hydrazine groups is 1. The van der Waals surface area contributed by atoms with Crippen LogP contribution in [0.15, 0.2) is 30.5 Å². The van der Waals surface area contributed by atoms with Crippen molar-refractivity contribution in [3.8, 4) is 0 Å². The molecule has 2 rings (SSSR count). The van der Waals surface area contributed by atoms with Gasteiger partial charge in [-0.3, -0.25) is 14.9 Å². The van der Waals surface area contributed by atoms with E-state index in [0.29, 0.717) is 25.2 Å². The average molecular weight is 292 g/mol. The zero-order valence-electron chi connectivity index (χ0n) is 11.7. The summed E-state index contributed by atoms with van der Waals surface area (Å²) in [4.78, 5) is 13.2. The standard InChI is InChI=1S/C13H17FN6O/c1-19(8-10-4-2-3-5-11(10)14)6-7-20-9-12(17-18-20)13(21)16-15/h2-5,9H,6-8,15H2,1H3,(H,16,21). The molecule has 1 aromatic carbocycles. The first-order valence-corrected chi connectivity index (χ1v) is 6.43. The third-order valence-electron chi connectivity index (χ3n) is 3.01. The van der Waals surface area contributed by atoms with Crippen molar-refractivity contribution in [2.75, 3.05) is 13.6 Å². The van der Waals surface area contributed by atoms with E-state index in [2.05, 4.69) is 10.3 Å². The number of aromatic nitrogens is 3. The van der Waals surface area contributed by atoms with Crippen LogP contribution in [0.25, 0.3) is 0 Å². The first-order chi connectivity index (χ1) is 10.1. The van der Waals surface area contributed by atoms with Crippen molar-refractivity contribution >= 4 is 5.91 Å². The van der Waals surface area contributed by atoms with Crippen molar-refractivity contribution in [1.29, 1.82) is 0 Å². The van der Waals surface area contributed by atoms with Crippen LogP contribution in [-0.2, 0) is 13.1 Å². The topological polar surface area (TPSA) is 89.1 Å². The molecule has 0 radical (unpaired) electrons. The van der Waals surface area contributed by atoms with Crippen LogP contribution in [0.5, 0.6) is 0 Å². The molecule has 112 valence electrons. The molecule has 1 aromatic heterocycles. The van der Waals surface area contributed by atoms with E-state index in [9.17, 15) is 9.18 Å². The highest BCUT2D eigenvalue weighted by Crippen LogP contribution is 2.08. The summed E-state index contributed by atoms with van der Waals surface area (Å²) < 4.78 is 15.1. The van der Waals surface area contributed by atoms with Crippen molar-refractivity contribution in [3.05, 3.63) is 47.5 Å². The Labute approximate surface area is 121 Å². The first kappa shape index (κ1) is 15.1. The zero-order chi connectivity index (χ0) is 15.2. The lowest BCUT2D eigenvalue weighted by atomic mass is 10.2. The summed E-state index contributed by atoms with van der Waals surface area (Å²) in [6.45, 7) is 1.68. The number of benzene rings is 1. The number of nitrogens with one attached hydrogen (secondary N) is 1. The summed E-state index contributed by atoms with van der Waals surface area (Å²) in [6.07, 6.45) is 1.51. The fraction of sp³-hybridized carbons (Fsp3) is 0.308. The van der Waals surface area contributed by atoms with Gasteiger partial charge in [-0.2, -0.15) is 0 Å². The van der Waals surface area contributed by atoms with Crippen LogP contribution in [0.3, 0.4) is 0 Å². The molecule has 0 aliphatic carbocycles. The maximum absolute atomic E-state index is 13.5. The van der Waals surface area contributed by atoms with E-state index in [1.165, 1.54) is 12.3 Å². The molecule has 7 nitrogen and oxygen atoms in total. The van der Waals surface area contributed by atoms with Gasteiger partial charge in [0.2, 0.25) is 0 Å². The summed E-state index contributed by atoms with van der Waals surface area (Å²) in [5, 5.41) is 7.54. The molecule has 8 heteroatoms. The minimum atomic E-state index is -0.485. The molecule has 0 spiro atoms. The Morgan fingerprint density at radius 3 is 2.95 bits per heavy atom. The van der Waals surface area contributed by atoms with Crippen molar-refractivity contribution in [1.82, 2.24) is 25.3 Å². The van der Waals surface area contributed by atoms with Crippen LogP contribution < -0.4 is 11.3 Å². The summed E-state index contributed by atoms with van der Waals surface area (Å²) in [7, 11) is 1.89. The van der Waals surface area contributed by atoms with E-state index >= 15 is 0 Å². The van der Waals surface area contributed by atoms with Gasteiger partial charge in [0.15, 0.2) is 5.69 Å². The Balaban J connectivity index is 1.86. The number of nitrogens with two attached hydrogens (primary N) is 1. The van der Waals surface area contributed by atoms with Crippen molar-refractivity contribution in [2.24, 2.45) is 5.84 Å². The van der Waals surface area contributed by atoms with E-state index in [4.69, 9.17) is 5.84 Å². The van der Waals surface area contributed by atoms with Gasteiger partial charge < -0.3 is 4.90 Å². The van der Waals surface area contributed by atoms with Gasteiger partial charge in [-0.05, 0) is 13.1 Å². The summed E-state index contributed by atoms with van der Waals surface area (Å²) >= 11 is 0. The predicted molar refractivity (Wildman–Crippen MR) is 74.4 cm³/mol. The largest absolute Gasteiger partial charge is 0.300 e.